The molecule has 114 valence electrons. The van der Waals surface area contributed by atoms with Crippen LogP contribution in [-0.2, 0) is 4.74 Å². The van der Waals surface area contributed by atoms with Crippen molar-refractivity contribution in [3.05, 3.63) is 70.4 Å². The molecule has 1 heterocycles. The molecule has 0 aliphatic rings. The predicted molar refractivity (Wildman–Crippen MR) is 85.2 cm³/mol. The number of carbonyl (C=O) groups excluding carboxylic acids is 1. The van der Waals surface area contributed by atoms with E-state index in [0.29, 0.717) is 10.9 Å². The number of aromatic nitrogens is 1. The predicted octanol–water partition coefficient (Wildman–Crippen LogP) is 3.60. The molecule has 6 heteroatoms. The number of para-hydroxylation sites is 1. The molecule has 0 aliphatic carbocycles. The highest BCUT2D eigenvalue weighted by molar-refractivity contribution is 6.02. The first-order chi connectivity index (χ1) is 11.1. The average molecular weight is 308 g/mol. The lowest BCUT2D eigenvalue weighted by atomic mass is 9.99. The highest BCUT2D eigenvalue weighted by atomic mass is 16.6. The normalized spacial score (nSPS) is 10.5. The van der Waals surface area contributed by atoms with Crippen molar-refractivity contribution >= 4 is 22.6 Å². The van der Waals surface area contributed by atoms with Crippen LogP contribution in [0, 0.1) is 10.1 Å². The fourth-order valence-electron chi connectivity index (χ4n) is 2.45. The van der Waals surface area contributed by atoms with Crippen LogP contribution >= 0.6 is 0 Å². The van der Waals surface area contributed by atoms with E-state index >= 15 is 0 Å². The van der Waals surface area contributed by atoms with Crippen molar-refractivity contribution in [2.24, 2.45) is 0 Å². The van der Waals surface area contributed by atoms with Gasteiger partial charge in [0.2, 0.25) is 0 Å². The second-order valence-corrected chi connectivity index (χ2v) is 4.84. The monoisotopic (exact) mass is 308 g/mol. The van der Waals surface area contributed by atoms with Crippen LogP contribution in [0.25, 0.3) is 22.0 Å². The van der Waals surface area contributed by atoms with Gasteiger partial charge in [-0.05, 0) is 17.2 Å². The number of methoxy groups -OCH3 is 1. The van der Waals surface area contributed by atoms with Crippen molar-refractivity contribution in [2.75, 3.05) is 7.11 Å². The Morgan fingerprint density at radius 2 is 1.87 bits per heavy atom. The van der Waals surface area contributed by atoms with Crippen molar-refractivity contribution in [3.8, 4) is 11.1 Å². The summed E-state index contributed by atoms with van der Waals surface area (Å²) < 4.78 is 4.71. The summed E-state index contributed by atoms with van der Waals surface area (Å²) in [4.78, 5) is 26.8. The lowest BCUT2D eigenvalue weighted by molar-refractivity contribution is -0.383. The number of benzene rings is 2. The van der Waals surface area contributed by atoms with Gasteiger partial charge in [0.1, 0.15) is 11.2 Å². The second-order valence-electron chi connectivity index (χ2n) is 4.84. The molecule has 23 heavy (non-hydrogen) atoms. The zero-order chi connectivity index (χ0) is 16.4. The number of non-ortho nitro benzene ring substituents is 1. The summed E-state index contributed by atoms with van der Waals surface area (Å²) in [6, 6.07) is 15.6. The van der Waals surface area contributed by atoms with E-state index in [1.54, 1.807) is 18.2 Å². The molecule has 3 rings (SSSR count). The molecule has 0 aliphatic heterocycles. The maximum atomic E-state index is 11.9. The van der Waals surface area contributed by atoms with Gasteiger partial charge in [0.05, 0.1) is 12.0 Å². The Morgan fingerprint density at radius 1 is 1.13 bits per heavy atom. The van der Waals surface area contributed by atoms with E-state index < -0.39 is 10.9 Å². The van der Waals surface area contributed by atoms with Gasteiger partial charge < -0.3 is 4.74 Å². The number of fused-ring (bicyclic) bond motifs is 1. The first-order valence-electron chi connectivity index (χ1n) is 6.83. The molecule has 0 saturated carbocycles. The Labute approximate surface area is 131 Å². The molecule has 1 aromatic heterocycles. The van der Waals surface area contributed by atoms with Gasteiger partial charge in [0, 0.05) is 11.5 Å². The number of nitro benzene ring substituents is 1. The molecule has 3 aromatic rings. The molecule has 6 nitrogen and oxygen atoms in total. The zero-order valence-electron chi connectivity index (χ0n) is 12.2. The molecule has 0 N–H and O–H groups in total. The van der Waals surface area contributed by atoms with Crippen molar-refractivity contribution in [2.45, 2.75) is 0 Å². The van der Waals surface area contributed by atoms with Crippen LogP contribution in [0.1, 0.15) is 10.5 Å². The maximum Gasteiger partial charge on any atom is 0.356 e. The smallest absolute Gasteiger partial charge is 0.356 e. The number of esters is 1. The number of hydrogen-bond acceptors (Lipinski definition) is 5. The topological polar surface area (TPSA) is 82.3 Å². The van der Waals surface area contributed by atoms with Crippen LogP contribution in [0.15, 0.2) is 54.6 Å². The average Bonchev–Trinajstić information content (AvgIpc) is 2.60. The van der Waals surface area contributed by atoms with Gasteiger partial charge in [-0.3, -0.25) is 10.1 Å². The third-order valence-corrected chi connectivity index (χ3v) is 3.49. The van der Waals surface area contributed by atoms with E-state index in [2.05, 4.69) is 4.98 Å². The number of ether oxygens (including phenoxy) is 1. The fraction of sp³-hybridized carbons (Fsp3) is 0.0588. The lowest BCUT2D eigenvalue weighted by Gasteiger charge is -2.09. The Hall–Kier alpha value is -3.28. The van der Waals surface area contributed by atoms with Crippen LogP contribution in [0.2, 0.25) is 0 Å². The van der Waals surface area contributed by atoms with Crippen molar-refractivity contribution in [1.82, 2.24) is 4.98 Å². The first kappa shape index (κ1) is 14.6. The van der Waals surface area contributed by atoms with E-state index in [-0.39, 0.29) is 16.9 Å². The zero-order valence-corrected chi connectivity index (χ0v) is 12.2. The standard InChI is InChI=1S/C17H12N2O4/c1-23-17(20)14-10-13(11-6-3-2-4-7-11)12-8-5-9-15(19(21)22)16(12)18-14/h2-10H,1H3. The molecule has 0 fully saturated rings. The van der Waals surface area contributed by atoms with Crippen molar-refractivity contribution < 1.29 is 14.5 Å². The summed E-state index contributed by atoms with van der Waals surface area (Å²) in [5, 5.41) is 11.9. The minimum Gasteiger partial charge on any atom is -0.464 e. The van der Waals surface area contributed by atoms with E-state index in [1.807, 2.05) is 30.3 Å². The Balaban J connectivity index is 2.40. The molecule has 0 bridgehead atoms. The summed E-state index contributed by atoms with van der Waals surface area (Å²) in [7, 11) is 1.25. The molecule has 0 radical (unpaired) electrons. The number of hydrogen-bond donors (Lipinski definition) is 0. The molecular weight excluding hydrogens is 296 g/mol. The molecule has 0 saturated heterocycles. The summed E-state index contributed by atoms with van der Waals surface area (Å²) >= 11 is 0. The largest absolute Gasteiger partial charge is 0.464 e. The highest BCUT2D eigenvalue weighted by Gasteiger charge is 2.19. The molecular formula is C17H12N2O4. The quantitative estimate of drug-likeness (QED) is 0.419. The van der Waals surface area contributed by atoms with Gasteiger partial charge in [0.25, 0.3) is 5.69 Å². The SMILES string of the molecule is COC(=O)c1cc(-c2ccccc2)c2cccc([N+](=O)[O-])c2n1. The van der Waals surface area contributed by atoms with Gasteiger partial charge in [-0.15, -0.1) is 0 Å². The van der Waals surface area contributed by atoms with Crippen LogP contribution in [0.5, 0.6) is 0 Å². The second kappa shape index (κ2) is 5.84. The van der Waals surface area contributed by atoms with Crippen molar-refractivity contribution in [3.63, 3.8) is 0 Å². The summed E-state index contributed by atoms with van der Waals surface area (Å²) in [6.45, 7) is 0. The molecule has 2 aromatic carbocycles. The van der Waals surface area contributed by atoms with E-state index in [4.69, 9.17) is 4.74 Å². The summed E-state index contributed by atoms with van der Waals surface area (Å²) in [5.41, 5.74) is 1.59. The summed E-state index contributed by atoms with van der Waals surface area (Å²) in [5.74, 6) is -0.637. The number of pyridine rings is 1. The van der Waals surface area contributed by atoms with Gasteiger partial charge in [-0.1, -0.05) is 42.5 Å². The fourth-order valence-corrected chi connectivity index (χ4v) is 2.45. The first-order valence-corrected chi connectivity index (χ1v) is 6.83. The van der Waals surface area contributed by atoms with E-state index in [1.165, 1.54) is 13.2 Å². The third-order valence-electron chi connectivity index (χ3n) is 3.49. The minimum absolute atomic E-state index is 0.0353. The van der Waals surface area contributed by atoms with Crippen LogP contribution in [0.4, 0.5) is 5.69 Å². The number of nitro groups is 1. The molecule has 0 unspecified atom stereocenters. The maximum absolute atomic E-state index is 11.9. The minimum atomic E-state index is -0.637. The molecule has 0 amide bonds. The summed E-state index contributed by atoms with van der Waals surface area (Å²) in [6.07, 6.45) is 0. The van der Waals surface area contributed by atoms with Crippen LogP contribution in [-0.4, -0.2) is 23.0 Å². The number of nitrogens with zero attached hydrogens (tertiary/aromatic N) is 2. The van der Waals surface area contributed by atoms with Crippen LogP contribution < -0.4 is 0 Å². The molecule has 0 spiro atoms. The third kappa shape index (κ3) is 2.62. The van der Waals surface area contributed by atoms with Gasteiger partial charge in [-0.2, -0.15) is 0 Å². The Bertz CT molecular complexity index is 907. The van der Waals surface area contributed by atoms with Gasteiger partial charge in [0.15, 0.2) is 0 Å². The Kier molecular flexibility index (Phi) is 3.72. The van der Waals surface area contributed by atoms with Gasteiger partial charge >= 0.3 is 5.97 Å². The number of carbonyl (C=O) groups is 1. The van der Waals surface area contributed by atoms with Crippen molar-refractivity contribution in [1.29, 1.82) is 0 Å². The van der Waals surface area contributed by atoms with E-state index in [9.17, 15) is 14.9 Å². The highest BCUT2D eigenvalue weighted by Crippen LogP contribution is 2.33. The van der Waals surface area contributed by atoms with Gasteiger partial charge in [-0.25, -0.2) is 9.78 Å². The number of rotatable bonds is 3. The lowest BCUT2D eigenvalue weighted by Crippen LogP contribution is -2.06. The van der Waals surface area contributed by atoms with Crippen LogP contribution in [0.3, 0.4) is 0 Å². The molecule has 0 atom stereocenters. The Morgan fingerprint density at radius 3 is 2.52 bits per heavy atom. The van der Waals surface area contributed by atoms with E-state index in [0.717, 1.165) is 5.56 Å².